The molecular weight excluding hydrogens is 533 g/mol. The number of rotatable bonds is 25. The van der Waals surface area contributed by atoms with Crippen molar-refractivity contribution < 1.29 is 13.3 Å². The van der Waals surface area contributed by atoms with Crippen LogP contribution >= 0.6 is 0 Å². The summed E-state index contributed by atoms with van der Waals surface area (Å²) >= 11 is 0. The SMILES string of the molecule is CCCCCCCC[Si](OC/C=C(\C)CCC=C(C)C)(OC/C=C(\C)CCC=C(C)C)OC/C=C(\C)CCC=C(C)C. The molecule has 0 radical (unpaired) electrons. The fourth-order valence-electron chi connectivity index (χ4n) is 4.47. The van der Waals surface area contributed by atoms with Gasteiger partial charge in [-0.05, 0) is 107 Å². The molecule has 0 unspecified atom stereocenters. The molecule has 0 heterocycles. The molecule has 0 aliphatic carbocycles. The molecule has 0 bridgehead atoms. The van der Waals surface area contributed by atoms with E-state index in [4.69, 9.17) is 13.3 Å². The average Bonchev–Trinajstić information content (AvgIpc) is 2.90. The number of hydrogen-bond acceptors (Lipinski definition) is 3. The fourth-order valence-corrected chi connectivity index (χ4v) is 6.85. The Balaban J connectivity index is 5.68. The lowest BCUT2D eigenvalue weighted by Gasteiger charge is -2.29. The Labute approximate surface area is 263 Å². The molecular formula is C38H68O3Si. The molecule has 0 spiro atoms. The summed E-state index contributed by atoms with van der Waals surface area (Å²) in [5, 5.41) is 0. The number of unbranched alkanes of at least 4 members (excludes halogenated alkanes) is 5. The van der Waals surface area contributed by atoms with Gasteiger partial charge in [-0.15, -0.1) is 0 Å². The summed E-state index contributed by atoms with van der Waals surface area (Å²) in [4.78, 5) is 0. The van der Waals surface area contributed by atoms with Crippen molar-refractivity contribution >= 4 is 8.80 Å². The van der Waals surface area contributed by atoms with Crippen molar-refractivity contribution in [3.63, 3.8) is 0 Å². The van der Waals surface area contributed by atoms with Crippen molar-refractivity contribution in [1.82, 2.24) is 0 Å². The predicted molar refractivity (Wildman–Crippen MR) is 189 cm³/mol. The van der Waals surface area contributed by atoms with Gasteiger partial charge in [-0.2, -0.15) is 0 Å². The molecule has 0 aliphatic rings. The van der Waals surface area contributed by atoms with E-state index in [9.17, 15) is 0 Å². The molecule has 0 fully saturated rings. The normalized spacial score (nSPS) is 12.9. The summed E-state index contributed by atoms with van der Waals surface area (Å²) in [6.07, 6.45) is 27.5. The molecule has 0 aromatic heterocycles. The Hall–Kier alpha value is -1.46. The second kappa shape index (κ2) is 26.0. The summed E-state index contributed by atoms with van der Waals surface area (Å²) in [5.41, 5.74) is 8.21. The largest absolute Gasteiger partial charge is 0.501 e. The quantitative estimate of drug-likeness (QED) is 0.0592. The van der Waals surface area contributed by atoms with Crippen molar-refractivity contribution in [2.75, 3.05) is 19.8 Å². The van der Waals surface area contributed by atoms with Crippen LogP contribution in [-0.2, 0) is 13.3 Å². The Morgan fingerprint density at radius 2 is 0.786 bits per heavy atom. The van der Waals surface area contributed by atoms with Crippen LogP contribution in [0.25, 0.3) is 0 Å². The molecule has 4 heteroatoms. The summed E-state index contributed by atoms with van der Waals surface area (Å²) in [7, 11) is -2.88. The molecule has 42 heavy (non-hydrogen) atoms. The first-order chi connectivity index (χ1) is 20.0. The summed E-state index contributed by atoms with van der Waals surface area (Å²) in [6.45, 7) is 23.5. The molecule has 242 valence electrons. The van der Waals surface area contributed by atoms with Gasteiger partial charge < -0.3 is 13.3 Å². The van der Waals surface area contributed by atoms with Gasteiger partial charge in [-0.25, -0.2) is 0 Å². The van der Waals surface area contributed by atoms with Gasteiger partial charge in [0.05, 0.1) is 19.8 Å². The molecule has 0 aromatic rings. The molecule has 0 aromatic carbocycles. The summed E-state index contributed by atoms with van der Waals surface area (Å²) in [6, 6.07) is 0.874. The molecule has 0 saturated carbocycles. The third-order valence-corrected chi connectivity index (χ3v) is 10.1. The zero-order chi connectivity index (χ0) is 31.6. The molecule has 3 nitrogen and oxygen atoms in total. The van der Waals surface area contributed by atoms with Crippen LogP contribution in [0, 0.1) is 0 Å². The van der Waals surface area contributed by atoms with Crippen molar-refractivity contribution in [2.24, 2.45) is 0 Å². The fraction of sp³-hybridized carbons (Fsp3) is 0.684. The van der Waals surface area contributed by atoms with E-state index in [-0.39, 0.29) is 0 Å². The first-order valence-electron chi connectivity index (χ1n) is 16.8. The van der Waals surface area contributed by atoms with Gasteiger partial charge >= 0.3 is 8.80 Å². The molecule has 0 aliphatic heterocycles. The van der Waals surface area contributed by atoms with Crippen LogP contribution in [0.2, 0.25) is 6.04 Å². The molecule has 0 rings (SSSR count). The van der Waals surface area contributed by atoms with Crippen LogP contribution in [0.5, 0.6) is 0 Å². The number of hydrogen-bond donors (Lipinski definition) is 0. The lowest BCUT2D eigenvalue weighted by Crippen LogP contribution is -2.46. The Morgan fingerprint density at radius 3 is 1.12 bits per heavy atom. The molecule has 0 saturated heterocycles. The smallest absolute Gasteiger partial charge is 0.370 e. The van der Waals surface area contributed by atoms with Crippen molar-refractivity contribution in [3.8, 4) is 0 Å². The zero-order valence-electron chi connectivity index (χ0n) is 29.5. The van der Waals surface area contributed by atoms with E-state index in [1.165, 1.54) is 65.5 Å². The van der Waals surface area contributed by atoms with Gasteiger partial charge in [0.1, 0.15) is 0 Å². The minimum absolute atomic E-state index is 0.551. The van der Waals surface area contributed by atoms with Crippen LogP contribution in [0.1, 0.15) is 146 Å². The predicted octanol–water partition coefficient (Wildman–Crippen LogP) is 12.4. The molecule has 0 amide bonds. The van der Waals surface area contributed by atoms with Crippen molar-refractivity contribution in [3.05, 3.63) is 69.9 Å². The standard InChI is InChI=1S/C38H68O3Si/c1-11-12-13-14-15-16-32-42(39-29-26-36(8)23-17-20-33(2)3,40-30-27-37(9)24-18-21-34(4)5)41-31-28-38(10)25-19-22-35(6)7/h20-22,26-28H,11-19,23-25,29-32H2,1-10H3/b36-26+,37-27+,38-28+. The van der Waals surface area contributed by atoms with Crippen LogP contribution in [-0.4, -0.2) is 28.6 Å². The van der Waals surface area contributed by atoms with Crippen LogP contribution in [0.15, 0.2) is 69.9 Å². The van der Waals surface area contributed by atoms with Gasteiger partial charge in [-0.3, -0.25) is 0 Å². The summed E-state index contributed by atoms with van der Waals surface area (Å²) < 4.78 is 20.0. The van der Waals surface area contributed by atoms with Gasteiger partial charge in [-0.1, -0.05) is 109 Å². The van der Waals surface area contributed by atoms with Crippen molar-refractivity contribution in [2.45, 2.75) is 152 Å². The van der Waals surface area contributed by atoms with Crippen LogP contribution in [0.3, 0.4) is 0 Å². The van der Waals surface area contributed by atoms with Gasteiger partial charge in [0.25, 0.3) is 0 Å². The van der Waals surface area contributed by atoms with Gasteiger partial charge in [0, 0.05) is 6.04 Å². The van der Waals surface area contributed by atoms with E-state index >= 15 is 0 Å². The monoisotopic (exact) mass is 600 g/mol. The third-order valence-electron chi connectivity index (χ3n) is 7.32. The lowest BCUT2D eigenvalue weighted by atomic mass is 10.1. The van der Waals surface area contributed by atoms with Crippen LogP contribution in [0.4, 0.5) is 0 Å². The zero-order valence-corrected chi connectivity index (χ0v) is 30.5. The maximum atomic E-state index is 6.67. The first kappa shape index (κ1) is 40.5. The van der Waals surface area contributed by atoms with E-state index in [0.29, 0.717) is 19.8 Å². The Morgan fingerprint density at radius 1 is 0.452 bits per heavy atom. The topological polar surface area (TPSA) is 27.7 Å². The minimum Gasteiger partial charge on any atom is -0.370 e. The molecule has 0 N–H and O–H groups in total. The highest BCUT2D eigenvalue weighted by Gasteiger charge is 2.40. The lowest BCUT2D eigenvalue weighted by molar-refractivity contribution is 0.0847. The maximum absolute atomic E-state index is 6.67. The van der Waals surface area contributed by atoms with E-state index in [1.807, 2.05) is 0 Å². The minimum atomic E-state index is -2.88. The Kier molecular flexibility index (Phi) is 25.1. The molecule has 0 atom stereocenters. The highest BCUT2D eigenvalue weighted by molar-refractivity contribution is 6.60. The second-order valence-corrected chi connectivity index (χ2v) is 15.5. The van der Waals surface area contributed by atoms with E-state index in [0.717, 1.165) is 51.0 Å². The number of allylic oxidation sites excluding steroid dienone is 9. The van der Waals surface area contributed by atoms with Gasteiger partial charge in [0.2, 0.25) is 0 Å². The van der Waals surface area contributed by atoms with Crippen molar-refractivity contribution in [1.29, 1.82) is 0 Å². The Bertz CT molecular complexity index is 773. The second-order valence-electron chi connectivity index (χ2n) is 12.7. The van der Waals surface area contributed by atoms with Crippen LogP contribution < -0.4 is 0 Å². The van der Waals surface area contributed by atoms with E-state index in [2.05, 4.69) is 106 Å². The highest BCUT2D eigenvalue weighted by Crippen LogP contribution is 2.23. The van der Waals surface area contributed by atoms with E-state index in [1.54, 1.807) is 0 Å². The highest BCUT2D eigenvalue weighted by atomic mass is 28.4. The third kappa shape index (κ3) is 25.1. The summed E-state index contributed by atoms with van der Waals surface area (Å²) in [5.74, 6) is 0. The average molecular weight is 601 g/mol. The van der Waals surface area contributed by atoms with E-state index < -0.39 is 8.80 Å². The maximum Gasteiger partial charge on any atom is 0.501 e. The first-order valence-corrected chi connectivity index (χ1v) is 18.7. The van der Waals surface area contributed by atoms with Gasteiger partial charge in [0.15, 0.2) is 0 Å².